The third-order valence-electron chi connectivity index (χ3n) is 12.7. The standard InChI is InChI=1S/C60H109O11P/c1-4-7-10-13-16-19-22-25-26-27-28-29-30-33-36-39-42-45-48-51-60(64)71-57(53-67-58(62)49-46-43-40-37-34-31-23-20-17-14-11-8-5-2)55-69-72(65,66)68-54-56(52-61)70-59(63)50-47-44-41-38-35-32-24-21-18-15-12-9-6-3/h16,19-21,23-26,56-57,61H,4-15,17-18,22,27-55H2,1-3H3,(H,65,66)/b19-16-,23-20-,24-21-,26-25-. The number of carbonyl (C=O) groups is 3. The fourth-order valence-corrected chi connectivity index (χ4v) is 8.92. The predicted octanol–water partition coefficient (Wildman–Crippen LogP) is 17.4. The monoisotopic (exact) mass is 1040 g/mol. The molecule has 11 nitrogen and oxygen atoms in total. The summed E-state index contributed by atoms with van der Waals surface area (Å²) in [4.78, 5) is 48.5. The summed E-state index contributed by atoms with van der Waals surface area (Å²) in [6.45, 7) is 4.59. The normalized spacial score (nSPS) is 13.7. The first kappa shape index (κ1) is 69.4. The van der Waals surface area contributed by atoms with Crippen LogP contribution in [0.15, 0.2) is 48.6 Å². The molecule has 420 valence electrons. The van der Waals surface area contributed by atoms with Crippen LogP contribution >= 0.6 is 7.82 Å². The van der Waals surface area contributed by atoms with Crippen LogP contribution in [-0.4, -0.2) is 66.5 Å². The molecule has 0 aromatic rings. The van der Waals surface area contributed by atoms with Crippen LogP contribution in [0.25, 0.3) is 0 Å². The fourth-order valence-electron chi connectivity index (χ4n) is 8.14. The minimum Gasteiger partial charge on any atom is -0.462 e. The van der Waals surface area contributed by atoms with Crippen LogP contribution in [0.1, 0.15) is 278 Å². The number of phosphoric acid groups is 1. The van der Waals surface area contributed by atoms with E-state index in [1.807, 2.05) is 0 Å². The highest BCUT2D eigenvalue weighted by Crippen LogP contribution is 2.43. The smallest absolute Gasteiger partial charge is 0.462 e. The molecule has 0 amide bonds. The molecule has 0 heterocycles. The number of aliphatic hydroxyl groups excluding tert-OH is 1. The van der Waals surface area contributed by atoms with Gasteiger partial charge in [-0.2, -0.15) is 0 Å². The molecule has 3 atom stereocenters. The Kier molecular flexibility index (Phi) is 52.7. The molecule has 0 aliphatic rings. The van der Waals surface area contributed by atoms with Crippen molar-refractivity contribution in [3.05, 3.63) is 48.6 Å². The maximum atomic E-state index is 12.9. The van der Waals surface area contributed by atoms with Crippen molar-refractivity contribution >= 4 is 25.7 Å². The molecule has 3 unspecified atom stereocenters. The van der Waals surface area contributed by atoms with Gasteiger partial charge in [-0.1, -0.05) is 204 Å². The lowest BCUT2D eigenvalue weighted by molar-refractivity contribution is -0.161. The number of allylic oxidation sites excluding steroid dienone is 8. The molecule has 72 heavy (non-hydrogen) atoms. The molecule has 0 spiro atoms. The summed E-state index contributed by atoms with van der Waals surface area (Å²) in [7, 11) is -4.75. The summed E-state index contributed by atoms with van der Waals surface area (Å²) in [6.07, 6.45) is 57.8. The van der Waals surface area contributed by atoms with Crippen LogP contribution in [0.3, 0.4) is 0 Å². The van der Waals surface area contributed by atoms with Crippen molar-refractivity contribution in [2.24, 2.45) is 0 Å². The largest absolute Gasteiger partial charge is 0.472 e. The molecule has 12 heteroatoms. The lowest BCUT2D eigenvalue weighted by Crippen LogP contribution is -2.30. The maximum Gasteiger partial charge on any atom is 0.472 e. The second-order valence-corrected chi connectivity index (χ2v) is 21.3. The fraction of sp³-hybridized carbons (Fsp3) is 0.817. The first-order chi connectivity index (χ1) is 35.2. The van der Waals surface area contributed by atoms with Crippen molar-refractivity contribution in [1.29, 1.82) is 0 Å². The average molecular weight is 1040 g/mol. The Morgan fingerprint density at radius 2 is 0.681 bits per heavy atom. The van der Waals surface area contributed by atoms with Crippen LogP contribution in [0.4, 0.5) is 0 Å². The number of carbonyl (C=O) groups excluding carboxylic acids is 3. The van der Waals surface area contributed by atoms with Gasteiger partial charge in [0.2, 0.25) is 0 Å². The van der Waals surface area contributed by atoms with Gasteiger partial charge >= 0.3 is 25.7 Å². The minimum absolute atomic E-state index is 0.162. The second-order valence-electron chi connectivity index (χ2n) is 19.8. The third-order valence-corrected chi connectivity index (χ3v) is 13.6. The van der Waals surface area contributed by atoms with E-state index < -0.39 is 57.8 Å². The molecule has 2 N–H and O–H groups in total. The molecule has 0 aromatic heterocycles. The highest BCUT2D eigenvalue weighted by Gasteiger charge is 2.28. The van der Waals surface area contributed by atoms with Crippen molar-refractivity contribution in [2.45, 2.75) is 290 Å². The summed E-state index contributed by atoms with van der Waals surface area (Å²) in [5.74, 6) is -1.48. The van der Waals surface area contributed by atoms with Crippen LogP contribution in [0.5, 0.6) is 0 Å². The lowest BCUT2D eigenvalue weighted by atomic mass is 10.1. The van der Waals surface area contributed by atoms with Gasteiger partial charge in [0.1, 0.15) is 12.7 Å². The van der Waals surface area contributed by atoms with Crippen LogP contribution in [-0.2, 0) is 42.2 Å². The van der Waals surface area contributed by atoms with Gasteiger partial charge in [0.15, 0.2) is 6.10 Å². The number of esters is 3. The number of aliphatic hydroxyl groups is 1. The molecular weight excluding hydrogens is 928 g/mol. The van der Waals surface area contributed by atoms with Crippen molar-refractivity contribution in [2.75, 3.05) is 26.4 Å². The van der Waals surface area contributed by atoms with E-state index in [9.17, 15) is 28.9 Å². The number of ether oxygens (including phenoxy) is 3. The number of unbranched alkanes of at least 4 members (excludes halogenated alkanes) is 30. The molecule has 0 aromatic carbocycles. The topological polar surface area (TPSA) is 155 Å². The van der Waals surface area contributed by atoms with Gasteiger partial charge in [0.05, 0.1) is 19.8 Å². The number of rotatable bonds is 55. The number of hydrogen-bond donors (Lipinski definition) is 2. The summed E-state index contributed by atoms with van der Waals surface area (Å²) in [5.41, 5.74) is 0. The summed E-state index contributed by atoms with van der Waals surface area (Å²) in [5, 5.41) is 9.80. The van der Waals surface area contributed by atoms with Gasteiger partial charge in [0.25, 0.3) is 0 Å². The summed E-state index contributed by atoms with van der Waals surface area (Å²) in [6, 6.07) is 0. The summed E-state index contributed by atoms with van der Waals surface area (Å²) < 4.78 is 39.5. The lowest BCUT2D eigenvalue weighted by Gasteiger charge is -2.21. The van der Waals surface area contributed by atoms with Crippen molar-refractivity contribution in [1.82, 2.24) is 0 Å². The molecule has 0 rings (SSSR count). The van der Waals surface area contributed by atoms with Crippen LogP contribution < -0.4 is 0 Å². The van der Waals surface area contributed by atoms with E-state index in [1.165, 1.54) is 109 Å². The van der Waals surface area contributed by atoms with E-state index in [0.717, 1.165) is 109 Å². The van der Waals surface area contributed by atoms with E-state index in [0.29, 0.717) is 19.3 Å². The molecular formula is C60H109O11P. The zero-order valence-corrected chi connectivity index (χ0v) is 47.3. The average Bonchev–Trinajstić information content (AvgIpc) is 3.37. The van der Waals surface area contributed by atoms with Gasteiger partial charge in [0, 0.05) is 19.3 Å². The Labute approximate surface area is 441 Å². The highest BCUT2D eigenvalue weighted by atomic mass is 31.2. The molecule has 0 saturated carbocycles. The van der Waals surface area contributed by atoms with Gasteiger partial charge < -0.3 is 24.2 Å². The quantitative estimate of drug-likeness (QED) is 0.0197. The summed E-state index contributed by atoms with van der Waals surface area (Å²) >= 11 is 0. The Balaban J connectivity index is 4.71. The molecule has 0 bridgehead atoms. The van der Waals surface area contributed by atoms with Gasteiger partial charge in [-0.3, -0.25) is 23.4 Å². The Morgan fingerprint density at radius 1 is 0.389 bits per heavy atom. The third kappa shape index (κ3) is 52.3. The Hall–Kier alpha value is -2.56. The van der Waals surface area contributed by atoms with Crippen LogP contribution in [0.2, 0.25) is 0 Å². The molecule has 0 aliphatic heterocycles. The van der Waals surface area contributed by atoms with Gasteiger partial charge in [-0.25, -0.2) is 4.57 Å². The van der Waals surface area contributed by atoms with Crippen molar-refractivity contribution in [3.63, 3.8) is 0 Å². The van der Waals surface area contributed by atoms with Gasteiger partial charge in [-0.15, -0.1) is 0 Å². The minimum atomic E-state index is -4.75. The Bertz CT molecular complexity index is 1400. The van der Waals surface area contributed by atoms with E-state index in [1.54, 1.807) is 0 Å². The van der Waals surface area contributed by atoms with Crippen molar-refractivity contribution in [3.8, 4) is 0 Å². The molecule has 0 aliphatic carbocycles. The molecule has 0 saturated heterocycles. The maximum absolute atomic E-state index is 12.9. The zero-order valence-electron chi connectivity index (χ0n) is 46.4. The molecule has 0 radical (unpaired) electrons. The van der Waals surface area contributed by atoms with E-state index in [4.69, 9.17) is 23.3 Å². The first-order valence-corrected chi connectivity index (χ1v) is 31.0. The predicted molar refractivity (Wildman–Crippen MR) is 298 cm³/mol. The van der Waals surface area contributed by atoms with E-state index >= 15 is 0 Å². The first-order valence-electron chi connectivity index (χ1n) is 29.5. The number of hydrogen-bond acceptors (Lipinski definition) is 10. The van der Waals surface area contributed by atoms with E-state index in [2.05, 4.69) is 69.4 Å². The van der Waals surface area contributed by atoms with Gasteiger partial charge in [-0.05, 0) is 103 Å². The highest BCUT2D eigenvalue weighted by molar-refractivity contribution is 7.47. The van der Waals surface area contributed by atoms with E-state index in [-0.39, 0.29) is 25.9 Å². The SMILES string of the molecule is CCCCC/C=C\C/C=C\CCCCCCCCCCCC(=O)OC(COC(=O)CCCCCCC/C=C\CCCCCC)COP(=O)(O)OCC(CO)OC(=O)CCCCCCC/C=C\CCCCCC. The van der Waals surface area contributed by atoms with Crippen molar-refractivity contribution < 1.29 is 52.2 Å². The van der Waals surface area contributed by atoms with Crippen LogP contribution in [0, 0.1) is 0 Å². The zero-order chi connectivity index (χ0) is 52.7. The Morgan fingerprint density at radius 3 is 1.07 bits per heavy atom. The number of phosphoric ester groups is 1. The second kappa shape index (κ2) is 54.7. The molecule has 0 fully saturated rings.